The van der Waals surface area contributed by atoms with E-state index in [1.807, 2.05) is 0 Å². The normalized spacial score (nSPS) is 32.6. The van der Waals surface area contributed by atoms with Gasteiger partial charge in [-0.3, -0.25) is 9.59 Å². The van der Waals surface area contributed by atoms with Gasteiger partial charge in [-0.15, -0.1) is 0 Å². The third-order valence-corrected chi connectivity index (χ3v) is 3.08. The molecule has 1 aliphatic carbocycles. The van der Waals surface area contributed by atoms with Crippen LogP contribution >= 0.6 is 0 Å². The molecule has 0 bridgehead atoms. The van der Waals surface area contributed by atoms with E-state index < -0.39 is 11.9 Å². The van der Waals surface area contributed by atoms with Gasteiger partial charge in [-0.2, -0.15) is 0 Å². The zero-order valence-electron chi connectivity index (χ0n) is 8.77. The zero-order chi connectivity index (χ0) is 11.0. The summed E-state index contributed by atoms with van der Waals surface area (Å²) in [4.78, 5) is 24.5. The van der Waals surface area contributed by atoms with E-state index in [0.29, 0.717) is 19.1 Å². The molecule has 1 saturated carbocycles. The molecule has 1 amide bonds. The standard InChI is InChI=1S/C10H16N2O3/c1-6-9(13)12(8-2-3-8)5-7(4-11-6)10(14)15/h6-8,11H,2-5H2,1H3,(H,14,15). The lowest BCUT2D eigenvalue weighted by molar-refractivity contribution is -0.142. The van der Waals surface area contributed by atoms with Crippen LogP contribution in [0.1, 0.15) is 19.8 Å². The highest BCUT2D eigenvalue weighted by atomic mass is 16.4. The predicted molar refractivity (Wildman–Crippen MR) is 53.3 cm³/mol. The number of carboxylic acid groups (broad SMARTS) is 1. The van der Waals surface area contributed by atoms with Gasteiger partial charge in [0.1, 0.15) is 0 Å². The third kappa shape index (κ3) is 2.12. The topological polar surface area (TPSA) is 69.6 Å². The van der Waals surface area contributed by atoms with Gasteiger partial charge >= 0.3 is 5.97 Å². The summed E-state index contributed by atoms with van der Waals surface area (Å²) >= 11 is 0. The fraction of sp³-hybridized carbons (Fsp3) is 0.800. The summed E-state index contributed by atoms with van der Waals surface area (Å²) in [5, 5.41) is 11.9. The average molecular weight is 212 g/mol. The Balaban J connectivity index is 2.11. The highest BCUT2D eigenvalue weighted by Gasteiger charge is 2.39. The Morgan fingerprint density at radius 1 is 1.53 bits per heavy atom. The summed E-state index contributed by atoms with van der Waals surface area (Å²) in [6.45, 7) is 2.53. The number of carbonyl (C=O) groups is 2. The minimum atomic E-state index is -0.824. The summed E-state index contributed by atoms with van der Waals surface area (Å²) in [6.07, 6.45) is 2.04. The van der Waals surface area contributed by atoms with Crippen molar-refractivity contribution in [2.24, 2.45) is 5.92 Å². The molecule has 5 heteroatoms. The maximum absolute atomic E-state index is 11.9. The fourth-order valence-electron chi connectivity index (χ4n) is 1.93. The highest BCUT2D eigenvalue weighted by Crippen LogP contribution is 2.29. The second kappa shape index (κ2) is 3.81. The second-order valence-electron chi connectivity index (χ2n) is 4.39. The monoisotopic (exact) mass is 212 g/mol. The van der Waals surface area contributed by atoms with Gasteiger partial charge in [0.25, 0.3) is 0 Å². The lowest BCUT2D eigenvalue weighted by atomic mass is 10.1. The van der Waals surface area contributed by atoms with Crippen molar-refractivity contribution in [3.8, 4) is 0 Å². The number of hydrogen-bond acceptors (Lipinski definition) is 3. The third-order valence-electron chi connectivity index (χ3n) is 3.08. The molecule has 2 aliphatic rings. The minimum Gasteiger partial charge on any atom is -0.481 e. The Bertz CT molecular complexity index is 288. The summed E-state index contributed by atoms with van der Waals surface area (Å²) in [7, 11) is 0. The molecule has 2 fully saturated rings. The predicted octanol–water partition coefficient (Wildman–Crippen LogP) is -0.330. The number of aliphatic carboxylic acids is 1. The Hall–Kier alpha value is -1.10. The van der Waals surface area contributed by atoms with Crippen molar-refractivity contribution in [2.75, 3.05) is 13.1 Å². The molecule has 5 nitrogen and oxygen atoms in total. The van der Waals surface area contributed by atoms with E-state index in [4.69, 9.17) is 5.11 Å². The van der Waals surface area contributed by atoms with Gasteiger partial charge < -0.3 is 15.3 Å². The van der Waals surface area contributed by atoms with Crippen molar-refractivity contribution in [2.45, 2.75) is 31.8 Å². The lowest BCUT2D eigenvalue weighted by Crippen LogP contribution is -2.42. The smallest absolute Gasteiger partial charge is 0.309 e. The lowest BCUT2D eigenvalue weighted by Gasteiger charge is -2.23. The zero-order valence-corrected chi connectivity index (χ0v) is 8.77. The molecular weight excluding hydrogens is 196 g/mol. The van der Waals surface area contributed by atoms with Gasteiger partial charge in [-0.05, 0) is 19.8 Å². The molecule has 1 aliphatic heterocycles. The first-order chi connectivity index (χ1) is 7.09. The molecule has 2 unspecified atom stereocenters. The van der Waals surface area contributed by atoms with Crippen LogP contribution in [0.15, 0.2) is 0 Å². The number of amides is 1. The van der Waals surface area contributed by atoms with Crippen molar-refractivity contribution in [3.05, 3.63) is 0 Å². The van der Waals surface area contributed by atoms with Crippen molar-refractivity contribution in [3.63, 3.8) is 0 Å². The van der Waals surface area contributed by atoms with Crippen LogP contribution in [0.4, 0.5) is 0 Å². The van der Waals surface area contributed by atoms with E-state index in [1.54, 1.807) is 11.8 Å². The Morgan fingerprint density at radius 2 is 2.20 bits per heavy atom. The molecule has 2 rings (SSSR count). The van der Waals surface area contributed by atoms with Crippen LogP contribution in [-0.2, 0) is 9.59 Å². The first-order valence-corrected chi connectivity index (χ1v) is 5.36. The summed E-state index contributed by atoms with van der Waals surface area (Å²) < 4.78 is 0. The first-order valence-electron chi connectivity index (χ1n) is 5.36. The SMILES string of the molecule is CC1NCC(C(=O)O)CN(C2CC2)C1=O. The van der Waals surface area contributed by atoms with E-state index in [2.05, 4.69) is 5.32 Å². The number of hydrogen-bond donors (Lipinski definition) is 2. The van der Waals surface area contributed by atoms with Crippen molar-refractivity contribution in [1.29, 1.82) is 0 Å². The van der Waals surface area contributed by atoms with E-state index in [1.165, 1.54) is 0 Å². The van der Waals surface area contributed by atoms with E-state index in [-0.39, 0.29) is 11.9 Å². The number of rotatable bonds is 2. The van der Waals surface area contributed by atoms with Crippen LogP contribution in [0.2, 0.25) is 0 Å². The largest absolute Gasteiger partial charge is 0.481 e. The molecular formula is C10H16N2O3. The molecule has 1 heterocycles. The quantitative estimate of drug-likeness (QED) is 0.657. The van der Waals surface area contributed by atoms with Crippen LogP contribution in [0.3, 0.4) is 0 Å². The van der Waals surface area contributed by atoms with Gasteiger partial charge in [-0.25, -0.2) is 0 Å². The van der Waals surface area contributed by atoms with Gasteiger partial charge in [-0.1, -0.05) is 0 Å². The van der Waals surface area contributed by atoms with Crippen LogP contribution in [0.5, 0.6) is 0 Å². The summed E-state index contributed by atoms with van der Waals surface area (Å²) in [6, 6.07) is 0.0386. The van der Waals surface area contributed by atoms with Crippen LogP contribution < -0.4 is 5.32 Å². The van der Waals surface area contributed by atoms with E-state index >= 15 is 0 Å². The van der Waals surface area contributed by atoms with E-state index in [0.717, 1.165) is 12.8 Å². The summed E-state index contributed by atoms with van der Waals surface area (Å²) in [5.74, 6) is -1.25. The van der Waals surface area contributed by atoms with Gasteiger partial charge in [0.2, 0.25) is 5.91 Å². The van der Waals surface area contributed by atoms with Gasteiger partial charge in [0, 0.05) is 19.1 Å². The fourth-order valence-corrected chi connectivity index (χ4v) is 1.93. The molecule has 15 heavy (non-hydrogen) atoms. The van der Waals surface area contributed by atoms with E-state index in [9.17, 15) is 9.59 Å². The molecule has 0 aromatic heterocycles. The molecule has 0 aromatic rings. The number of carboxylic acids is 1. The highest BCUT2D eigenvalue weighted by molar-refractivity contribution is 5.83. The molecule has 0 radical (unpaired) electrons. The van der Waals surface area contributed by atoms with Crippen molar-refractivity contribution >= 4 is 11.9 Å². The maximum Gasteiger partial charge on any atom is 0.309 e. The van der Waals surface area contributed by atoms with Crippen molar-refractivity contribution in [1.82, 2.24) is 10.2 Å². The molecule has 1 saturated heterocycles. The molecule has 2 atom stereocenters. The van der Waals surface area contributed by atoms with Crippen molar-refractivity contribution < 1.29 is 14.7 Å². The van der Waals surface area contributed by atoms with Crippen LogP contribution in [0, 0.1) is 5.92 Å². The Kier molecular flexibility index (Phi) is 2.65. The average Bonchev–Trinajstić information content (AvgIpc) is 2.98. The molecule has 84 valence electrons. The minimum absolute atomic E-state index is 0.0428. The number of carbonyl (C=O) groups excluding carboxylic acids is 1. The first kappa shape index (κ1) is 10.4. The Morgan fingerprint density at radius 3 is 2.73 bits per heavy atom. The van der Waals surface area contributed by atoms with Crippen LogP contribution in [-0.4, -0.2) is 47.1 Å². The molecule has 0 aromatic carbocycles. The molecule has 0 spiro atoms. The van der Waals surface area contributed by atoms with Gasteiger partial charge in [0.05, 0.1) is 12.0 Å². The number of nitrogens with one attached hydrogen (secondary N) is 1. The van der Waals surface area contributed by atoms with Gasteiger partial charge in [0.15, 0.2) is 0 Å². The maximum atomic E-state index is 11.9. The number of nitrogens with zero attached hydrogens (tertiary/aromatic N) is 1. The second-order valence-corrected chi connectivity index (χ2v) is 4.39. The van der Waals surface area contributed by atoms with Crippen LogP contribution in [0.25, 0.3) is 0 Å². The Labute approximate surface area is 88.4 Å². The molecule has 2 N–H and O–H groups in total. The summed E-state index contributed by atoms with van der Waals surface area (Å²) in [5.41, 5.74) is 0.